The smallest absolute Gasteiger partial charge is 0.222 e. The third-order valence-electron chi connectivity index (χ3n) is 4.56. The Morgan fingerprint density at radius 2 is 2.12 bits per heavy atom. The second-order valence-electron chi connectivity index (χ2n) is 6.62. The third kappa shape index (κ3) is 5.41. The van der Waals surface area contributed by atoms with Gasteiger partial charge < -0.3 is 15.5 Å². The molecule has 2 N–H and O–H groups in total. The highest BCUT2D eigenvalue weighted by molar-refractivity contribution is 5.80. The molecule has 1 aromatic carbocycles. The quantitative estimate of drug-likeness (QED) is 0.601. The Labute approximate surface area is 153 Å². The molecule has 0 spiro atoms. The molecule has 0 aromatic heterocycles. The highest BCUT2D eigenvalue weighted by Gasteiger charge is 2.25. The van der Waals surface area contributed by atoms with E-state index >= 15 is 0 Å². The van der Waals surface area contributed by atoms with Crippen molar-refractivity contribution in [1.29, 1.82) is 0 Å². The maximum absolute atomic E-state index is 13.4. The fourth-order valence-electron chi connectivity index (χ4n) is 2.99. The summed E-state index contributed by atoms with van der Waals surface area (Å²) in [5.41, 5.74) is 0.712. The van der Waals surface area contributed by atoms with E-state index in [2.05, 4.69) is 15.6 Å². The molecule has 2 unspecified atom stereocenters. The number of nitrogens with one attached hydrogen (secondary N) is 2. The van der Waals surface area contributed by atoms with Crippen molar-refractivity contribution < 1.29 is 13.6 Å². The molecular formula is C19H28F2N4O. The number of carbonyl (C=O) groups is 1. The van der Waals surface area contributed by atoms with Crippen LogP contribution < -0.4 is 10.6 Å². The zero-order valence-corrected chi connectivity index (χ0v) is 15.7. The van der Waals surface area contributed by atoms with Gasteiger partial charge in [0.2, 0.25) is 5.91 Å². The number of benzene rings is 1. The first-order valence-electron chi connectivity index (χ1n) is 9.22. The van der Waals surface area contributed by atoms with Gasteiger partial charge in [-0.15, -0.1) is 0 Å². The molecule has 2 atom stereocenters. The second-order valence-corrected chi connectivity index (χ2v) is 6.62. The van der Waals surface area contributed by atoms with Crippen molar-refractivity contribution in [3.05, 3.63) is 35.4 Å². The number of rotatable bonds is 6. The minimum atomic E-state index is -0.841. The summed E-state index contributed by atoms with van der Waals surface area (Å²) in [6.07, 6.45) is 1.40. The molecule has 1 heterocycles. The molecule has 26 heavy (non-hydrogen) atoms. The van der Waals surface area contributed by atoms with Crippen LogP contribution in [0.1, 0.15) is 45.1 Å². The van der Waals surface area contributed by atoms with Gasteiger partial charge in [-0.1, -0.05) is 19.9 Å². The topological polar surface area (TPSA) is 56.7 Å². The van der Waals surface area contributed by atoms with E-state index in [1.807, 2.05) is 25.7 Å². The lowest BCUT2D eigenvalue weighted by atomic mass is 10.0. The van der Waals surface area contributed by atoms with Crippen LogP contribution >= 0.6 is 0 Å². The average Bonchev–Trinajstić information content (AvgIpc) is 3.09. The molecule has 0 aliphatic carbocycles. The van der Waals surface area contributed by atoms with Gasteiger partial charge in [0.05, 0.1) is 0 Å². The lowest BCUT2D eigenvalue weighted by Crippen LogP contribution is -2.45. The van der Waals surface area contributed by atoms with E-state index in [4.69, 9.17) is 0 Å². The molecule has 0 saturated carbocycles. The molecule has 2 rings (SSSR count). The minimum absolute atomic E-state index is 0.0395. The van der Waals surface area contributed by atoms with E-state index < -0.39 is 11.6 Å². The van der Waals surface area contributed by atoms with Crippen LogP contribution in [0.15, 0.2) is 23.2 Å². The van der Waals surface area contributed by atoms with Gasteiger partial charge in [0.25, 0.3) is 0 Å². The lowest BCUT2D eigenvalue weighted by Gasteiger charge is -2.19. The van der Waals surface area contributed by atoms with Crippen molar-refractivity contribution >= 4 is 11.9 Å². The van der Waals surface area contributed by atoms with E-state index in [1.165, 1.54) is 6.07 Å². The van der Waals surface area contributed by atoms with Gasteiger partial charge >= 0.3 is 0 Å². The molecule has 144 valence electrons. The van der Waals surface area contributed by atoms with Crippen LogP contribution in [0.5, 0.6) is 0 Å². The number of guanidine groups is 1. The van der Waals surface area contributed by atoms with Crippen LogP contribution in [-0.4, -0.2) is 49.0 Å². The monoisotopic (exact) mass is 366 g/mol. The van der Waals surface area contributed by atoms with Crippen molar-refractivity contribution in [1.82, 2.24) is 15.5 Å². The summed E-state index contributed by atoms with van der Waals surface area (Å²) in [7, 11) is 0. The van der Waals surface area contributed by atoms with Crippen molar-refractivity contribution in [3.63, 3.8) is 0 Å². The summed E-state index contributed by atoms with van der Waals surface area (Å²) in [4.78, 5) is 18.2. The number of carbonyl (C=O) groups excluding carboxylic acids is 1. The maximum Gasteiger partial charge on any atom is 0.222 e. The standard InChI is InChI=1S/C19H28F2N4O/c1-4-18(26)25-9-8-15(12-25)24-19(22-5-2)23-11-13(3)14-6-7-16(20)17(21)10-14/h6-7,10,13,15H,4-5,8-9,11-12H2,1-3H3,(H2,22,23,24). The highest BCUT2D eigenvalue weighted by Crippen LogP contribution is 2.18. The van der Waals surface area contributed by atoms with E-state index in [1.54, 1.807) is 6.07 Å². The van der Waals surface area contributed by atoms with Crippen molar-refractivity contribution in [2.75, 3.05) is 26.2 Å². The number of hydrogen-bond acceptors (Lipinski definition) is 2. The summed E-state index contributed by atoms with van der Waals surface area (Å²) >= 11 is 0. The number of nitrogens with zero attached hydrogens (tertiary/aromatic N) is 2. The summed E-state index contributed by atoms with van der Waals surface area (Å²) in [6.45, 7) is 8.38. The Bertz CT molecular complexity index is 650. The largest absolute Gasteiger partial charge is 0.357 e. The van der Waals surface area contributed by atoms with Crippen LogP contribution in [0.25, 0.3) is 0 Å². The van der Waals surface area contributed by atoms with E-state index in [9.17, 15) is 13.6 Å². The lowest BCUT2D eigenvalue weighted by molar-refractivity contribution is -0.129. The summed E-state index contributed by atoms with van der Waals surface area (Å²) in [6, 6.07) is 4.12. The number of aliphatic imine (C=N–C) groups is 1. The van der Waals surface area contributed by atoms with E-state index in [0.29, 0.717) is 31.0 Å². The normalized spacial score (nSPS) is 18.7. The average molecular weight is 366 g/mol. The molecule has 5 nitrogen and oxygen atoms in total. The fraction of sp³-hybridized carbons (Fsp3) is 0.579. The van der Waals surface area contributed by atoms with Gasteiger partial charge in [-0.05, 0) is 31.0 Å². The second kappa shape index (κ2) is 9.50. The van der Waals surface area contributed by atoms with Crippen LogP contribution in [0.3, 0.4) is 0 Å². The first-order valence-corrected chi connectivity index (χ1v) is 9.22. The van der Waals surface area contributed by atoms with Crippen LogP contribution in [0, 0.1) is 11.6 Å². The highest BCUT2D eigenvalue weighted by atomic mass is 19.2. The SMILES string of the molecule is CCNC(=NCC(C)c1ccc(F)c(F)c1)NC1CCN(C(=O)CC)C1. The van der Waals surface area contributed by atoms with Crippen LogP contribution in [0.2, 0.25) is 0 Å². The Kier molecular flexibility index (Phi) is 7.36. The molecule has 7 heteroatoms. The predicted octanol–water partition coefficient (Wildman–Crippen LogP) is 2.63. The van der Waals surface area contributed by atoms with Gasteiger partial charge in [0.1, 0.15) is 0 Å². The molecule has 0 radical (unpaired) electrons. The minimum Gasteiger partial charge on any atom is -0.357 e. The number of amides is 1. The van der Waals surface area contributed by atoms with Gasteiger partial charge in [0, 0.05) is 44.6 Å². The van der Waals surface area contributed by atoms with E-state index in [-0.39, 0.29) is 17.9 Å². The number of hydrogen-bond donors (Lipinski definition) is 2. The van der Waals surface area contributed by atoms with E-state index in [0.717, 1.165) is 25.6 Å². The van der Waals surface area contributed by atoms with Gasteiger partial charge in [-0.25, -0.2) is 8.78 Å². The zero-order valence-electron chi connectivity index (χ0n) is 15.7. The Morgan fingerprint density at radius 1 is 1.35 bits per heavy atom. The van der Waals surface area contributed by atoms with Gasteiger partial charge in [-0.3, -0.25) is 9.79 Å². The maximum atomic E-state index is 13.4. The first kappa shape index (κ1) is 20.1. The first-order chi connectivity index (χ1) is 12.4. The zero-order chi connectivity index (χ0) is 19.1. The van der Waals surface area contributed by atoms with Crippen molar-refractivity contribution in [3.8, 4) is 0 Å². The van der Waals surface area contributed by atoms with Crippen LogP contribution in [0.4, 0.5) is 8.78 Å². The summed E-state index contributed by atoms with van der Waals surface area (Å²) in [5, 5.41) is 6.56. The van der Waals surface area contributed by atoms with Crippen molar-refractivity contribution in [2.24, 2.45) is 4.99 Å². The molecule has 1 amide bonds. The molecule has 1 aliphatic rings. The molecule has 1 aromatic rings. The summed E-state index contributed by atoms with van der Waals surface area (Å²) in [5.74, 6) is -0.870. The Hall–Kier alpha value is -2.18. The Balaban J connectivity index is 1.95. The van der Waals surface area contributed by atoms with Gasteiger partial charge in [0.15, 0.2) is 17.6 Å². The van der Waals surface area contributed by atoms with Gasteiger partial charge in [-0.2, -0.15) is 0 Å². The number of likely N-dealkylation sites (tertiary alicyclic amines) is 1. The number of halogens is 2. The molecular weight excluding hydrogens is 338 g/mol. The molecule has 1 aliphatic heterocycles. The fourth-order valence-corrected chi connectivity index (χ4v) is 2.99. The van der Waals surface area contributed by atoms with Crippen molar-refractivity contribution in [2.45, 2.75) is 45.6 Å². The Morgan fingerprint density at radius 3 is 2.77 bits per heavy atom. The third-order valence-corrected chi connectivity index (χ3v) is 4.56. The molecule has 1 saturated heterocycles. The molecule has 0 bridgehead atoms. The molecule has 1 fully saturated rings. The predicted molar refractivity (Wildman–Crippen MR) is 99.2 cm³/mol. The van der Waals surface area contributed by atoms with Crippen LogP contribution in [-0.2, 0) is 4.79 Å². The summed E-state index contributed by atoms with van der Waals surface area (Å²) < 4.78 is 26.5.